The molecular formula is C25H32N4O3. The Morgan fingerprint density at radius 3 is 2.47 bits per heavy atom. The number of imidazole rings is 1. The minimum absolute atomic E-state index is 0.0107. The molecule has 2 saturated carbocycles. The summed E-state index contributed by atoms with van der Waals surface area (Å²) in [6.45, 7) is 7.24. The average molecular weight is 437 g/mol. The topological polar surface area (TPSA) is 78.7 Å². The second-order valence-corrected chi connectivity index (χ2v) is 9.76. The van der Waals surface area contributed by atoms with Gasteiger partial charge in [0.05, 0.1) is 17.1 Å². The molecular weight excluding hydrogens is 404 g/mol. The van der Waals surface area contributed by atoms with Crippen molar-refractivity contribution in [2.45, 2.75) is 63.5 Å². The van der Waals surface area contributed by atoms with Crippen molar-refractivity contribution < 1.29 is 14.7 Å². The first-order valence-electron chi connectivity index (χ1n) is 11.8. The van der Waals surface area contributed by atoms with E-state index in [-0.39, 0.29) is 30.5 Å². The molecule has 2 heterocycles. The number of hydrogen-bond acceptors (Lipinski definition) is 4. The number of aromatic nitrogens is 2. The van der Waals surface area contributed by atoms with Gasteiger partial charge in [0.2, 0.25) is 5.91 Å². The maximum absolute atomic E-state index is 13.4. The number of aryl methyl sites for hydroxylation is 1. The lowest BCUT2D eigenvalue weighted by Crippen LogP contribution is -2.56. The van der Waals surface area contributed by atoms with E-state index in [9.17, 15) is 14.7 Å². The van der Waals surface area contributed by atoms with Crippen LogP contribution in [0.3, 0.4) is 0 Å². The highest BCUT2D eigenvalue weighted by molar-refractivity contribution is 5.99. The molecule has 3 fully saturated rings. The summed E-state index contributed by atoms with van der Waals surface area (Å²) in [6, 6.07) is 4.51. The molecule has 5 rings (SSSR count). The number of aliphatic hydroxyl groups excluding tert-OH is 1. The Labute approximate surface area is 188 Å². The van der Waals surface area contributed by atoms with Crippen molar-refractivity contribution in [1.29, 1.82) is 0 Å². The fourth-order valence-electron chi connectivity index (χ4n) is 5.24. The number of rotatable bonds is 4. The summed E-state index contributed by atoms with van der Waals surface area (Å²) >= 11 is 0. The number of fused-ring (bicyclic) bond motifs is 1. The average Bonchev–Trinajstić information content (AvgIpc) is 3.57. The summed E-state index contributed by atoms with van der Waals surface area (Å²) in [5, 5.41) is 9.75. The van der Waals surface area contributed by atoms with E-state index in [2.05, 4.69) is 18.7 Å². The second-order valence-electron chi connectivity index (χ2n) is 9.76. The lowest BCUT2D eigenvalue weighted by Gasteiger charge is -2.41. The van der Waals surface area contributed by atoms with Crippen LogP contribution in [-0.4, -0.2) is 68.1 Å². The molecule has 1 N–H and O–H groups in total. The van der Waals surface area contributed by atoms with Crippen LogP contribution in [0.2, 0.25) is 0 Å². The summed E-state index contributed by atoms with van der Waals surface area (Å²) in [5.41, 5.74) is 4.98. The molecule has 2 aromatic rings. The molecule has 0 atom stereocenters. The van der Waals surface area contributed by atoms with Gasteiger partial charge in [-0.15, -0.1) is 0 Å². The van der Waals surface area contributed by atoms with E-state index in [0.29, 0.717) is 24.8 Å². The van der Waals surface area contributed by atoms with Crippen molar-refractivity contribution in [3.63, 3.8) is 0 Å². The summed E-state index contributed by atoms with van der Waals surface area (Å²) in [7, 11) is 1.88. The lowest BCUT2D eigenvalue weighted by molar-refractivity contribution is -0.138. The zero-order valence-corrected chi connectivity index (χ0v) is 19.0. The van der Waals surface area contributed by atoms with Gasteiger partial charge in [-0.1, -0.05) is 6.58 Å². The molecule has 3 aliphatic rings. The number of benzene rings is 1. The van der Waals surface area contributed by atoms with Crippen LogP contribution >= 0.6 is 0 Å². The standard InChI is InChI=1S/C25H32N4O3/c1-15(2)20-12-17(16-4-5-16)13-21-23(20)26-24(27(21)3)25(32)28-10-11-29(22(31)14-28)18-6-8-19(30)9-7-18/h12-13,16,18-19,30H,1,4-11,14H2,2-3H3/t18-,19-. The fraction of sp³-hybridized carbons (Fsp3) is 0.560. The third-order valence-corrected chi connectivity index (χ3v) is 7.36. The van der Waals surface area contributed by atoms with Crippen LogP contribution in [0.1, 0.15) is 73.1 Å². The molecule has 7 heteroatoms. The van der Waals surface area contributed by atoms with Crippen LogP contribution in [0.5, 0.6) is 0 Å². The third-order valence-electron chi connectivity index (χ3n) is 7.36. The van der Waals surface area contributed by atoms with Gasteiger partial charge in [0.15, 0.2) is 5.82 Å². The number of aliphatic hydroxyl groups is 1. The summed E-state index contributed by atoms with van der Waals surface area (Å²) in [6.07, 6.45) is 5.31. The number of carbonyl (C=O) groups excluding carboxylic acids is 2. The van der Waals surface area contributed by atoms with Crippen LogP contribution in [0.25, 0.3) is 16.6 Å². The van der Waals surface area contributed by atoms with Gasteiger partial charge < -0.3 is 19.5 Å². The van der Waals surface area contributed by atoms with Crippen LogP contribution < -0.4 is 0 Å². The maximum Gasteiger partial charge on any atom is 0.290 e. The van der Waals surface area contributed by atoms with Gasteiger partial charge in [-0.2, -0.15) is 0 Å². The minimum Gasteiger partial charge on any atom is -0.393 e. The fourth-order valence-corrected chi connectivity index (χ4v) is 5.24. The van der Waals surface area contributed by atoms with Crippen molar-refractivity contribution in [3.05, 3.63) is 35.7 Å². The zero-order chi connectivity index (χ0) is 22.6. The number of hydrogen-bond donors (Lipinski definition) is 1. The third kappa shape index (κ3) is 3.72. The molecule has 1 aliphatic heterocycles. The minimum atomic E-state index is -0.244. The van der Waals surface area contributed by atoms with Crippen LogP contribution in [0.15, 0.2) is 18.7 Å². The summed E-state index contributed by atoms with van der Waals surface area (Å²) < 4.78 is 1.87. The number of piperazine rings is 1. The number of carbonyl (C=O) groups is 2. The molecule has 1 aromatic heterocycles. The van der Waals surface area contributed by atoms with Crippen LogP contribution in [0.4, 0.5) is 0 Å². The first-order chi connectivity index (χ1) is 15.3. The monoisotopic (exact) mass is 436 g/mol. The Bertz CT molecular complexity index is 1090. The number of nitrogens with zero attached hydrogens (tertiary/aromatic N) is 4. The van der Waals surface area contributed by atoms with Crippen LogP contribution in [0, 0.1) is 0 Å². The Morgan fingerprint density at radius 1 is 1.12 bits per heavy atom. The largest absolute Gasteiger partial charge is 0.393 e. The highest BCUT2D eigenvalue weighted by atomic mass is 16.3. The van der Waals surface area contributed by atoms with Crippen molar-refractivity contribution >= 4 is 28.4 Å². The molecule has 0 radical (unpaired) electrons. The lowest BCUT2D eigenvalue weighted by atomic mass is 9.91. The van der Waals surface area contributed by atoms with Crippen molar-refractivity contribution in [2.24, 2.45) is 7.05 Å². The molecule has 0 bridgehead atoms. The molecule has 2 aliphatic carbocycles. The summed E-state index contributed by atoms with van der Waals surface area (Å²) in [5.74, 6) is 0.760. The maximum atomic E-state index is 13.4. The van der Waals surface area contributed by atoms with Gasteiger partial charge in [0.25, 0.3) is 5.91 Å². The predicted octanol–water partition coefficient (Wildman–Crippen LogP) is 3.07. The Kier molecular flexibility index (Phi) is 5.32. The van der Waals surface area contributed by atoms with E-state index in [0.717, 1.165) is 47.9 Å². The van der Waals surface area contributed by atoms with Crippen molar-refractivity contribution in [3.8, 4) is 0 Å². The Morgan fingerprint density at radius 2 is 1.84 bits per heavy atom. The van der Waals surface area contributed by atoms with Gasteiger partial charge in [-0.3, -0.25) is 9.59 Å². The first kappa shape index (κ1) is 21.2. The van der Waals surface area contributed by atoms with Gasteiger partial charge in [-0.25, -0.2) is 4.98 Å². The molecule has 2 amide bonds. The van der Waals surface area contributed by atoms with Crippen LogP contribution in [-0.2, 0) is 11.8 Å². The molecule has 1 aromatic carbocycles. The van der Waals surface area contributed by atoms with E-state index >= 15 is 0 Å². The molecule has 0 spiro atoms. The zero-order valence-electron chi connectivity index (χ0n) is 19.0. The Hall–Kier alpha value is -2.67. The van der Waals surface area contributed by atoms with E-state index in [1.807, 2.05) is 23.4 Å². The van der Waals surface area contributed by atoms with Gasteiger partial charge >= 0.3 is 0 Å². The molecule has 170 valence electrons. The van der Waals surface area contributed by atoms with Crippen molar-refractivity contribution in [2.75, 3.05) is 19.6 Å². The van der Waals surface area contributed by atoms with E-state index in [1.54, 1.807) is 4.90 Å². The van der Waals surface area contributed by atoms with Crippen molar-refractivity contribution in [1.82, 2.24) is 19.4 Å². The Balaban J connectivity index is 1.38. The highest BCUT2D eigenvalue weighted by Gasteiger charge is 2.35. The highest BCUT2D eigenvalue weighted by Crippen LogP contribution is 2.42. The SMILES string of the molecule is C=C(C)c1cc(C2CC2)cc2c1nc(C(=O)N1CCN([C@H]3CC[C@H](O)CC3)C(=O)C1)n2C. The normalized spacial score (nSPS) is 24.3. The smallest absolute Gasteiger partial charge is 0.290 e. The number of amides is 2. The number of allylic oxidation sites excluding steroid dienone is 1. The van der Waals surface area contributed by atoms with Gasteiger partial charge in [0, 0.05) is 31.7 Å². The van der Waals surface area contributed by atoms with E-state index in [4.69, 9.17) is 4.98 Å². The molecule has 1 saturated heterocycles. The summed E-state index contributed by atoms with van der Waals surface area (Å²) in [4.78, 5) is 34.5. The first-order valence-corrected chi connectivity index (χ1v) is 11.8. The van der Waals surface area contributed by atoms with Gasteiger partial charge in [0.1, 0.15) is 6.54 Å². The molecule has 7 nitrogen and oxygen atoms in total. The molecule has 32 heavy (non-hydrogen) atoms. The van der Waals surface area contributed by atoms with E-state index in [1.165, 1.54) is 18.4 Å². The quantitative estimate of drug-likeness (QED) is 0.799. The second kappa shape index (κ2) is 8.03. The molecule has 0 unspecified atom stereocenters. The predicted molar refractivity (Wildman–Crippen MR) is 123 cm³/mol. The van der Waals surface area contributed by atoms with E-state index < -0.39 is 0 Å². The van der Waals surface area contributed by atoms with Gasteiger partial charge in [-0.05, 0) is 74.6 Å².